The molecule has 7 heteroatoms. The summed E-state index contributed by atoms with van der Waals surface area (Å²) in [5.74, 6) is 0.427. The molecule has 0 unspecified atom stereocenters. The van der Waals surface area contributed by atoms with Crippen LogP contribution < -0.4 is 5.73 Å². The molecule has 17 heavy (non-hydrogen) atoms. The molecule has 0 atom stereocenters. The van der Waals surface area contributed by atoms with Crippen molar-refractivity contribution in [1.29, 1.82) is 0 Å². The van der Waals surface area contributed by atoms with E-state index in [9.17, 15) is 10.1 Å². The third kappa shape index (κ3) is 2.00. The van der Waals surface area contributed by atoms with Gasteiger partial charge in [0, 0.05) is 5.56 Å². The second-order valence-electron chi connectivity index (χ2n) is 3.45. The Bertz CT molecular complexity index is 564. The van der Waals surface area contributed by atoms with Crippen molar-refractivity contribution in [2.45, 2.75) is 13.5 Å². The first-order valence-corrected chi connectivity index (χ1v) is 4.90. The van der Waals surface area contributed by atoms with Crippen LogP contribution in [0.2, 0.25) is 0 Å². The Hall–Kier alpha value is -2.28. The van der Waals surface area contributed by atoms with Crippen LogP contribution in [0.4, 0.5) is 5.69 Å². The van der Waals surface area contributed by atoms with Crippen molar-refractivity contribution in [3.63, 3.8) is 0 Å². The van der Waals surface area contributed by atoms with E-state index in [2.05, 4.69) is 10.1 Å². The molecule has 1 aromatic heterocycles. The summed E-state index contributed by atoms with van der Waals surface area (Å²) in [6.07, 6.45) is 0. The van der Waals surface area contributed by atoms with Gasteiger partial charge in [-0.05, 0) is 13.0 Å². The third-order valence-corrected chi connectivity index (χ3v) is 2.30. The second kappa shape index (κ2) is 4.30. The average Bonchev–Trinajstić information content (AvgIpc) is 2.76. The maximum absolute atomic E-state index is 11.0. The Morgan fingerprint density at radius 1 is 1.53 bits per heavy atom. The first kappa shape index (κ1) is 11.2. The lowest BCUT2D eigenvalue weighted by atomic mass is 10.1. The fourth-order valence-corrected chi connectivity index (χ4v) is 1.52. The Morgan fingerprint density at radius 3 is 2.88 bits per heavy atom. The number of nitro groups is 1. The number of hydrogen-bond acceptors (Lipinski definition) is 6. The van der Waals surface area contributed by atoms with Crippen molar-refractivity contribution in [3.8, 4) is 11.5 Å². The van der Waals surface area contributed by atoms with E-state index in [1.165, 1.54) is 0 Å². The summed E-state index contributed by atoms with van der Waals surface area (Å²) in [6, 6.07) is 4.92. The first-order valence-electron chi connectivity index (χ1n) is 4.90. The molecule has 7 nitrogen and oxygen atoms in total. The normalized spacial score (nSPS) is 10.5. The number of nitrogens with zero attached hydrogens (tertiary/aromatic N) is 3. The summed E-state index contributed by atoms with van der Waals surface area (Å²) in [7, 11) is 0. The molecule has 0 aliphatic heterocycles. The molecule has 1 heterocycles. The van der Waals surface area contributed by atoms with Gasteiger partial charge in [-0.15, -0.1) is 0 Å². The minimum atomic E-state index is -0.461. The van der Waals surface area contributed by atoms with Crippen LogP contribution in [0.1, 0.15) is 11.4 Å². The van der Waals surface area contributed by atoms with Gasteiger partial charge in [0.2, 0.25) is 0 Å². The van der Waals surface area contributed by atoms with Crippen molar-refractivity contribution in [3.05, 3.63) is 39.7 Å². The molecule has 0 bridgehead atoms. The van der Waals surface area contributed by atoms with Gasteiger partial charge in [0.25, 0.3) is 11.6 Å². The van der Waals surface area contributed by atoms with E-state index in [1.54, 1.807) is 25.1 Å². The summed E-state index contributed by atoms with van der Waals surface area (Å²) < 4.78 is 4.94. The Morgan fingerprint density at radius 2 is 2.29 bits per heavy atom. The van der Waals surface area contributed by atoms with E-state index in [-0.39, 0.29) is 18.1 Å². The lowest BCUT2D eigenvalue weighted by Gasteiger charge is -2.00. The van der Waals surface area contributed by atoms with Crippen LogP contribution in [0.5, 0.6) is 0 Å². The van der Waals surface area contributed by atoms with Gasteiger partial charge in [-0.3, -0.25) is 10.1 Å². The zero-order chi connectivity index (χ0) is 12.4. The van der Waals surface area contributed by atoms with Gasteiger partial charge >= 0.3 is 0 Å². The quantitative estimate of drug-likeness (QED) is 0.635. The van der Waals surface area contributed by atoms with Crippen molar-refractivity contribution in [1.82, 2.24) is 10.1 Å². The van der Waals surface area contributed by atoms with Crippen LogP contribution in [-0.2, 0) is 6.54 Å². The van der Waals surface area contributed by atoms with Crippen LogP contribution in [0.3, 0.4) is 0 Å². The van der Waals surface area contributed by atoms with Crippen LogP contribution in [0.15, 0.2) is 22.7 Å². The van der Waals surface area contributed by atoms with Crippen molar-refractivity contribution >= 4 is 5.69 Å². The predicted octanol–water partition coefficient (Wildman–Crippen LogP) is 1.41. The first-order chi connectivity index (χ1) is 8.13. The lowest BCUT2D eigenvalue weighted by molar-refractivity contribution is -0.384. The highest BCUT2D eigenvalue weighted by molar-refractivity contribution is 5.69. The summed E-state index contributed by atoms with van der Waals surface area (Å²) in [5.41, 5.74) is 6.17. The van der Waals surface area contributed by atoms with Crippen molar-refractivity contribution in [2.75, 3.05) is 0 Å². The van der Waals surface area contributed by atoms with Gasteiger partial charge in [0.05, 0.1) is 11.5 Å². The molecule has 1 aromatic carbocycles. The molecule has 0 saturated heterocycles. The fraction of sp³-hybridized carbons (Fsp3) is 0.200. The van der Waals surface area contributed by atoms with Crippen LogP contribution in [-0.4, -0.2) is 15.1 Å². The standard InChI is InChI=1S/C10H10N4O3/c1-6-3-2-4-7(9(6)14(15)16)10-12-8(5-11)13-17-10/h2-4H,5,11H2,1H3. The van der Waals surface area contributed by atoms with Crippen molar-refractivity contribution < 1.29 is 9.45 Å². The highest BCUT2D eigenvalue weighted by Gasteiger charge is 2.22. The summed E-state index contributed by atoms with van der Waals surface area (Å²) in [4.78, 5) is 14.5. The summed E-state index contributed by atoms with van der Waals surface area (Å²) >= 11 is 0. The highest BCUT2D eigenvalue weighted by Crippen LogP contribution is 2.31. The lowest BCUT2D eigenvalue weighted by Crippen LogP contribution is -1.98. The molecule has 0 aliphatic rings. The molecule has 88 valence electrons. The fourth-order valence-electron chi connectivity index (χ4n) is 1.52. The Labute approximate surface area is 96.4 Å². The smallest absolute Gasteiger partial charge is 0.285 e. The number of hydrogen-bond donors (Lipinski definition) is 1. The van der Waals surface area contributed by atoms with E-state index in [0.29, 0.717) is 17.0 Å². The van der Waals surface area contributed by atoms with Gasteiger partial charge in [-0.2, -0.15) is 4.98 Å². The maximum Gasteiger partial charge on any atom is 0.285 e. The monoisotopic (exact) mass is 234 g/mol. The number of rotatable bonds is 3. The van der Waals surface area contributed by atoms with Gasteiger partial charge in [0.1, 0.15) is 5.56 Å². The molecule has 0 fully saturated rings. The van der Waals surface area contributed by atoms with E-state index < -0.39 is 4.92 Å². The van der Waals surface area contributed by atoms with Gasteiger partial charge in [-0.25, -0.2) is 0 Å². The zero-order valence-corrected chi connectivity index (χ0v) is 9.08. The van der Waals surface area contributed by atoms with Gasteiger partial charge < -0.3 is 10.3 Å². The van der Waals surface area contributed by atoms with Crippen molar-refractivity contribution in [2.24, 2.45) is 5.73 Å². The Balaban J connectivity index is 2.58. The van der Waals surface area contributed by atoms with Crippen LogP contribution >= 0.6 is 0 Å². The van der Waals surface area contributed by atoms with E-state index in [1.807, 2.05) is 0 Å². The third-order valence-electron chi connectivity index (χ3n) is 2.30. The predicted molar refractivity (Wildman–Crippen MR) is 59.0 cm³/mol. The number of nitrogens with two attached hydrogens (primary N) is 1. The molecule has 2 rings (SSSR count). The molecule has 0 spiro atoms. The molecule has 2 aromatic rings. The van der Waals surface area contributed by atoms with E-state index >= 15 is 0 Å². The van der Waals surface area contributed by atoms with Gasteiger partial charge in [0.15, 0.2) is 5.82 Å². The van der Waals surface area contributed by atoms with Gasteiger partial charge in [-0.1, -0.05) is 17.3 Å². The number of benzene rings is 1. The average molecular weight is 234 g/mol. The SMILES string of the molecule is Cc1cccc(-c2nc(CN)no2)c1[N+](=O)[O-]. The minimum absolute atomic E-state index is 0.0280. The number of aryl methyl sites for hydroxylation is 1. The molecule has 2 N–H and O–H groups in total. The molecule has 0 aliphatic carbocycles. The van der Waals surface area contributed by atoms with E-state index in [0.717, 1.165) is 0 Å². The number of para-hydroxylation sites is 1. The second-order valence-corrected chi connectivity index (χ2v) is 3.45. The largest absolute Gasteiger partial charge is 0.334 e. The molecular weight excluding hydrogens is 224 g/mol. The topological polar surface area (TPSA) is 108 Å². The molecule has 0 radical (unpaired) electrons. The van der Waals surface area contributed by atoms with Crippen LogP contribution in [0, 0.1) is 17.0 Å². The molecular formula is C10H10N4O3. The number of aromatic nitrogens is 2. The van der Waals surface area contributed by atoms with Crippen LogP contribution in [0.25, 0.3) is 11.5 Å². The maximum atomic E-state index is 11.0. The summed E-state index contributed by atoms with van der Waals surface area (Å²) in [6.45, 7) is 1.78. The highest BCUT2D eigenvalue weighted by atomic mass is 16.6. The summed E-state index contributed by atoms with van der Waals surface area (Å²) in [5, 5.41) is 14.6. The number of nitro benzene ring substituents is 1. The zero-order valence-electron chi connectivity index (χ0n) is 9.08. The van der Waals surface area contributed by atoms with E-state index in [4.69, 9.17) is 10.3 Å². The molecule has 0 saturated carbocycles. The Kier molecular flexibility index (Phi) is 2.84. The molecule has 0 amide bonds. The minimum Gasteiger partial charge on any atom is -0.334 e.